The van der Waals surface area contributed by atoms with Crippen molar-refractivity contribution >= 4 is 17.4 Å². The quantitative estimate of drug-likeness (QED) is 0.305. The first kappa shape index (κ1) is 25.5. The maximum Gasteiger partial charge on any atom is 0.295 e. The van der Waals surface area contributed by atoms with Crippen LogP contribution in [0.5, 0.6) is 5.75 Å². The predicted octanol–water partition coefficient (Wildman–Crippen LogP) is 4.97. The van der Waals surface area contributed by atoms with Crippen molar-refractivity contribution in [2.24, 2.45) is 0 Å². The minimum atomic E-state index is -0.647. The number of benzene rings is 2. The Morgan fingerprint density at radius 1 is 1.06 bits per heavy atom. The predicted molar refractivity (Wildman–Crippen MR) is 135 cm³/mol. The molecular formula is C28H36N2O4. The molecule has 34 heavy (non-hydrogen) atoms. The number of hydrogen-bond acceptors (Lipinski definition) is 5. The topological polar surface area (TPSA) is 70.1 Å². The van der Waals surface area contributed by atoms with E-state index in [2.05, 4.69) is 13.8 Å². The molecule has 0 saturated carbocycles. The van der Waals surface area contributed by atoms with Gasteiger partial charge in [0, 0.05) is 12.1 Å². The van der Waals surface area contributed by atoms with Crippen LogP contribution in [-0.4, -0.2) is 60.4 Å². The van der Waals surface area contributed by atoms with Gasteiger partial charge in [-0.3, -0.25) is 9.59 Å². The molecule has 3 rings (SSSR count). The largest absolute Gasteiger partial charge is 0.507 e. The first-order valence-corrected chi connectivity index (χ1v) is 12.0. The van der Waals surface area contributed by atoms with Crippen LogP contribution >= 0.6 is 0 Å². The Kier molecular flexibility index (Phi) is 8.51. The molecule has 2 aromatic rings. The van der Waals surface area contributed by atoms with Crippen LogP contribution in [0.25, 0.3) is 5.76 Å². The van der Waals surface area contributed by atoms with Crippen molar-refractivity contribution in [1.29, 1.82) is 0 Å². The number of aliphatic hydroxyl groups excluding tert-OH is 1. The highest BCUT2D eigenvalue weighted by molar-refractivity contribution is 6.46. The standard InChI is InChI=1S/C28H36N2O4/c1-6-18-34-23-14-12-22(13-15-23)26(31)24-25(21-10-8-20(9-11-21)19(2)3)30(28(33)27(24)32)17-7-16-29(4)5/h8-15,19,25,31H,6-7,16-18H2,1-5H3/t25-/m0/s1. The smallest absolute Gasteiger partial charge is 0.295 e. The zero-order chi connectivity index (χ0) is 24.8. The van der Waals surface area contributed by atoms with Crippen molar-refractivity contribution in [1.82, 2.24) is 9.80 Å². The highest BCUT2D eigenvalue weighted by atomic mass is 16.5. The van der Waals surface area contributed by atoms with Crippen LogP contribution in [0.3, 0.4) is 0 Å². The van der Waals surface area contributed by atoms with Gasteiger partial charge in [0.15, 0.2) is 0 Å². The summed E-state index contributed by atoms with van der Waals surface area (Å²) in [6.07, 6.45) is 1.62. The number of carbonyl (C=O) groups excluding carboxylic acids is 2. The Labute approximate surface area is 202 Å². The van der Waals surface area contributed by atoms with Crippen LogP contribution in [-0.2, 0) is 9.59 Å². The van der Waals surface area contributed by atoms with Crippen LogP contribution in [0.4, 0.5) is 0 Å². The van der Waals surface area contributed by atoms with Crippen LogP contribution in [0.15, 0.2) is 54.1 Å². The summed E-state index contributed by atoms with van der Waals surface area (Å²) in [6.45, 7) is 8.11. The van der Waals surface area contributed by atoms with Gasteiger partial charge in [0.2, 0.25) is 0 Å². The Bertz CT molecular complexity index is 1020. The second-order valence-corrected chi connectivity index (χ2v) is 9.34. The molecule has 1 aliphatic heterocycles. The lowest BCUT2D eigenvalue weighted by molar-refractivity contribution is -0.139. The van der Waals surface area contributed by atoms with Gasteiger partial charge in [-0.05, 0) is 74.8 Å². The summed E-state index contributed by atoms with van der Waals surface area (Å²) in [5.74, 6) is -0.307. The maximum atomic E-state index is 13.2. The van der Waals surface area contributed by atoms with Crippen LogP contribution < -0.4 is 4.74 Å². The number of ether oxygens (including phenoxy) is 1. The molecule has 0 bridgehead atoms. The molecule has 0 aromatic heterocycles. The first-order chi connectivity index (χ1) is 16.2. The number of Topliss-reactive ketones (excluding diaryl/α,β-unsaturated/α-hetero) is 1. The van der Waals surface area contributed by atoms with Crippen LogP contribution in [0.1, 0.15) is 62.3 Å². The monoisotopic (exact) mass is 464 g/mol. The molecule has 0 radical (unpaired) electrons. The molecule has 182 valence electrons. The Balaban J connectivity index is 2.02. The third kappa shape index (κ3) is 5.68. The second-order valence-electron chi connectivity index (χ2n) is 9.34. The van der Waals surface area contributed by atoms with Gasteiger partial charge in [0.25, 0.3) is 11.7 Å². The molecule has 1 atom stereocenters. The van der Waals surface area contributed by atoms with E-state index in [-0.39, 0.29) is 11.3 Å². The van der Waals surface area contributed by atoms with Gasteiger partial charge in [0.1, 0.15) is 11.5 Å². The van der Waals surface area contributed by atoms with Crippen LogP contribution in [0.2, 0.25) is 0 Å². The van der Waals surface area contributed by atoms with E-state index in [9.17, 15) is 14.7 Å². The average molecular weight is 465 g/mol. The molecule has 1 heterocycles. The van der Waals surface area contributed by atoms with Gasteiger partial charge >= 0.3 is 0 Å². The normalized spacial score (nSPS) is 17.7. The number of carbonyl (C=O) groups is 2. The van der Waals surface area contributed by atoms with E-state index in [4.69, 9.17) is 4.74 Å². The van der Waals surface area contributed by atoms with Gasteiger partial charge in [0.05, 0.1) is 18.2 Å². The number of nitrogens with zero attached hydrogens (tertiary/aromatic N) is 2. The number of ketones is 1. The lowest BCUT2D eigenvalue weighted by Gasteiger charge is -2.26. The summed E-state index contributed by atoms with van der Waals surface area (Å²) >= 11 is 0. The zero-order valence-corrected chi connectivity index (χ0v) is 20.9. The number of amides is 1. The molecule has 6 nitrogen and oxygen atoms in total. The van der Waals surface area contributed by atoms with E-state index in [0.717, 1.165) is 24.9 Å². The molecular weight excluding hydrogens is 428 g/mol. The summed E-state index contributed by atoms with van der Waals surface area (Å²) in [5.41, 5.74) is 2.61. The number of hydrogen-bond donors (Lipinski definition) is 1. The summed E-state index contributed by atoms with van der Waals surface area (Å²) in [6, 6.07) is 14.3. The van der Waals surface area contributed by atoms with Crippen molar-refractivity contribution in [2.45, 2.75) is 45.6 Å². The molecule has 1 N–H and O–H groups in total. The van der Waals surface area contributed by atoms with E-state index in [0.29, 0.717) is 30.4 Å². The molecule has 0 aliphatic carbocycles. The van der Waals surface area contributed by atoms with Crippen molar-refractivity contribution < 1.29 is 19.4 Å². The third-order valence-electron chi connectivity index (χ3n) is 6.06. The fourth-order valence-electron chi connectivity index (χ4n) is 4.16. The number of likely N-dealkylation sites (tertiary alicyclic amines) is 1. The number of aliphatic hydroxyl groups is 1. The first-order valence-electron chi connectivity index (χ1n) is 12.0. The van der Waals surface area contributed by atoms with E-state index in [1.54, 1.807) is 29.2 Å². The third-order valence-corrected chi connectivity index (χ3v) is 6.06. The van der Waals surface area contributed by atoms with Crippen molar-refractivity contribution in [3.05, 3.63) is 70.8 Å². The minimum absolute atomic E-state index is 0.134. The van der Waals surface area contributed by atoms with Crippen molar-refractivity contribution in [3.63, 3.8) is 0 Å². The van der Waals surface area contributed by atoms with Crippen LogP contribution in [0, 0.1) is 0 Å². The highest BCUT2D eigenvalue weighted by Gasteiger charge is 2.45. The zero-order valence-electron chi connectivity index (χ0n) is 20.9. The Morgan fingerprint density at radius 2 is 1.71 bits per heavy atom. The van der Waals surface area contributed by atoms with E-state index in [1.807, 2.05) is 50.2 Å². The molecule has 1 amide bonds. The molecule has 1 aliphatic rings. The highest BCUT2D eigenvalue weighted by Crippen LogP contribution is 2.40. The van der Waals surface area contributed by atoms with Gasteiger partial charge in [-0.25, -0.2) is 0 Å². The van der Waals surface area contributed by atoms with Crippen molar-refractivity contribution in [2.75, 3.05) is 33.8 Å². The molecule has 1 saturated heterocycles. The van der Waals surface area contributed by atoms with Gasteiger partial charge in [-0.1, -0.05) is 45.0 Å². The molecule has 2 aromatic carbocycles. The van der Waals surface area contributed by atoms with E-state index < -0.39 is 17.7 Å². The number of rotatable bonds is 10. The second kappa shape index (κ2) is 11.3. The summed E-state index contributed by atoms with van der Waals surface area (Å²) < 4.78 is 5.62. The molecule has 6 heteroatoms. The SMILES string of the molecule is CCCOc1ccc(C(O)=C2C(=O)C(=O)N(CCCN(C)C)[C@H]2c2ccc(C(C)C)cc2)cc1. The molecule has 0 spiro atoms. The summed E-state index contributed by atoms with van der Waals surface area (Å²) in [5, 5.41) is 11.2. The van der Waals surface area contributed by atoms with Gasteiger partial charge in [-0.2, -0.15) is 0 Å². The van der Waals surface area contributed by atoms with E-state index >= 15 is 0 Å². The molecule has 1 fully saturated rings. The fourth-order valence-corrected chi connectivity index (χ4v) is 4.16. The van der Waals surface area contributed by atoms with Crippen molar-refractivity contribution in [3.8, 4) is 5.75 Å². The Morgan fingerprint density at radius 3 is 2.26 bits per heavy atom. The summed E-state index contributed by atoms with van der Waals surface area (Å²) in [4.78, 5) is 29.9. The minimum Gasteiger partial charge on any atom is -0.507 e. The fraction of sp³-hybridized carbons (Fsp3) is 0.429. The van der Waals surface area contributed by atoms with Gasteiger partial charge in [-0.15, -0.1) is 0 Å². The average Bonchev–Trinajstić information content (AvgIpc) is 3.07. The van der Waals surface area contributed by atoms with E-state index in [1.165, 1.54) is 5.56 Å². The lowest BCUT2D eigenvalue weighted by Crippen LogP contribution is -2.32. The lowest BCUT2D eigenvalue weighted by atomic mass is 9.93. The Hall–Kier alpha value is -3.12. The maximum absolute atomic E-state index is 13.2. The summed E-state index contributed by atoms with van der Waals surface area (Å²) in [7, 11) is 3.95. The molecule has 0 unspecified atom stereocenters. The van der Waals surface area contributed by atoms with Gasteiger partial charge < -0.3 is 19.6 Å².